The van der Waals surface area contributed by atoms with Gasteiger partial charge in [-0.1, -0.05) is 6.07 Å². The molecule has 0 fully saturated rings. The van der Waals surface area contributed by atoms with Crippen LogP contribution in [0.15, 0.2) is 36.5 Å². The van der Waals surface area contributed by atoms with Crippen LogP contribution in [0.4, 0.5) is 5.69 Å². The number of carbonyl (C=O) groups is 2. The van der Waals surface area contributed by atoms with Crippen molar-refractivity contribution in [2.24, 2.45) is 0 Å². The Labute approximate surface area is 122 Å². The largest absolute Gasteiger partial charge is 0.495 e. The van der Waals surface area contributed by atoms with E-state index in [-0.39, 0.29) is 18.1 Å². The SMILES string of the molecule is COc1ccc(C)cc1NC(=O)c1cccn1CC(=O)O. The summed E-state index contributed by atoms with van der Waals surface area (Å²) < 4.78 is 6.57. The van der Waals surface area contributed by atoms with E-state index in [1.165, 1.54) is 11.7 Å². The maximum atomic E-state index is 12.3. The Morgan fingerprint density at radius 3 is 2.76 bits per heavy atom. The lowest BCUT2D eigenvalue weighted by Crippen LogP contribution is -2.19. The highest BCUT2D eigenvalue weighted by atomic mass is 16.5. The maximum absolute atomic E-state index is 12.3. The molecule has 0 bridgehead atoms. The zero-order valence-corrected chi connectivity index (χ0v) is 11.8. The van der Waals surface area contributed by atoms with E-state index in [0.29, 0.717) is 11.4 Å². The molecular formula is C15H16N2O4. The lowest BCUT2D eigenvalue weighted by atomic mass is 10.2. The number of ether oxygens (including phenoxy) is 1. The third kappa shape index (κ3) is 3.42. The Bertz CT molecular complexity index is 676. The van der Waals surface area contributed by atoms with Gasteiger partial charge in [0.2, 0.25) is 0 Å². The number of rotatable bonds is 5. The second kappa shape index (κ2) is 6.13. The number of nitrogens with one attached hydrogen (secondary N) is 1. The zero-order valence-electron chi connectivity index (χ0n) is 11.8. The van der Waals surface area contributed by atoms with Crippen LogP contribution in [-0.2, 0) is 11.3 Å². The van der Waals surface area contributed by atoms with Crippen molar-refractivity contribution in [3.8, 4) is 5.75 Å². The molecule has 1 aromatic carbocycles. The van der Waals surface area contributed by atoms with Gasteiger partial charge in [-0.3, -0.25) is 9.59 Å². The number of aliphatic carboxylic acids is 1. The van der Waals surface area contributed by atoms with Crippen molar-refractivity contribution >= 4 is 17.6 Å². The van der Waals surface area contributed by atoms with Crippen molar-refractivity contribution in [2.75, 3.05) is 12.4 Å². The van der Waals surface area contributed by atoms with Crippen LogP contribution < -0.4 is 10.1 Å². The number of anilines is 1. The Morgan fingerprint density at radius 1 is 1.33 bits per heavy atom. The van der Waals surface area contributed by atoms with Gasteiger partial charge in [-0.2, -0.15) is 0 Å². The average Bonchev–Trinajstić information content (AvgIpc) is 2.86. The van der Waals surface area contributed by atoms with Crippen LogP contribution >= 0.6 is 0 Å². The quantitative estimate of drug-likeness (QED) is 0.883. The lowest BCUT2D eigenvalue weighted by molar-refractivity contribution is -0.137. The number of benzene rings is 1. The van der Waals surface area contributed by atoms with Gasteiger partial charge in [0.25, 0.3) is 5.91 Å². The summed E-state index contributed by atoms with van der Waals surface area (Å²) in [6.07, 6.45) is 1.55. The molecule has 0 spiro atoms. The number of hydrogen-bond acceptors (Lipinski definition) is 3. The smallest absolute Gasteiger partial charge is 0.323 e. The molecule has 0 aliphatic heterocycles. The summed E-state index contributed by atoms with van der Waals surface area (Å²) in [5, 5.41) is 11.6. The van der Waals surface area contributed by atoms with Crippen LogP contribution in [0.1, 0.15) is 16.1 Å². The first-order valence-corrected chi connectivity index (χ1v) is 6.34. The molecule has 6 heteroatoms. The number of carbonyl (C=O) groups excluding carboxylic acids is 1. The highest BCUT2D eigenvalue weighted by Gasteiger charge is 2.14. The van der Waals surface area contributed by atoms with E-state index < -0.39 is 5.97 Å². The highest BCUT2D eigenvalue weighted by Crippen LogP contribution is 2.25. The fourth-order valence-electron chi connectivity index (χ4n) is 2.01. The molecule has 1 aromatic heterocycles. The minimum atomic E-state index is -1.01. The molecule has 6 nitrogen and oxygen atoms in total. The van der Waals surface area contributed by atoms with Gasteiger partial charge in [0, 0.05) is 6.20 Å². The van der Waals surface area contributed by atoms with Crippen LogP contribution in [0.5, 0.6) is 5.75 Å². The fraction of sp³-hybridized carbons (Fsp3) is 0.200. The molecule has 0 unspecified atom stereocenters. The molecule has 0 aliphatic carbocycles. The molecule has 2 aromatic rings. The van der Waals surface area contributed by atoms with Crippen LogP contribution in [0, 0.1) is 6.92 Å². The number of aryl methyl sites for hydroxylation is 1. The summed E-state index contributed by atoms with van der Waals surface area (Å²) in [6.45, 7) is 1.64. The van der Waals surface area contributed by atoms with Gasteiger partial charge < -0.3 is 19.7 Å². The first-order chi connectivity index (χ1) is 10.0. The first-order valence-electron chi connectivity index (χ1n) is 6.34. The number of nitrogens with zero attached hydrogens (tertiary/aromatic N) is 1. The third-order valence-electron chi connectivity index (χ3n) is 2.97. The van der Waals surface area contributed by atoms with E-state index in [4.69, 9.17) is 9.84 Å². The van der Waals surface area contributed by atoms with Gasteiger partial charge in [-0.05, 0) is 36.8 Å². The number of carboxylic acids is 1. The van der Waals surface area contributed by atoms with Gasteiger partial charge in [0.15, 0.2) is 0 Å². The summed E-state index contributed by atoms with van der Waals surface area (Å²) in [7, 11) is 1.52. The highest BCUT2D eigenvalue weighted by molar-refractivity contribution is 6.04. The normalized spacial score (nSPS) is 10.2. The molecule has 2 rings (SSSR count). The van der Waals surface area contributed by atoms with Crippen molar-refractivity contribution in [1.29, 1.82) is 0 Å². The van der Waals surface area contributed by atoms with Crippen LogP contribution in [0.25, 0.3) is 0 Å². The minimum Gasteiger partial charge on any atom is -0.495 e. The Balaban J connectivity index is 2.24. The molecule has 1 amide bonds. The van der Waals surface area contributed by atoms with Crippen molar-refractivity contribution in [3.63, 3.8) is 0 Å². The second-order valence-electron chi connectivity index (χ2n) is 4.57. The van der Waals surface area contributed by atoms with Gasteiger partial charge in [-0.15, -0.1) is 0 Å². The van der Waals surface area contributed by atoms with Gasteiger partial charge in [0.1, 0.15) is 18.0 Å². The van der Waals surface area contributed by atoms with Crippen molar-refractivity contribution in [3.05, 3.63) is 47.8 Å². The van der Waals surface area contributed by atoms with Crippen LogP contribution in [0.3, 0.4) is 0 Å². The van der Waals surface area contributed by atoms with Gasteiger partial charge >= 0.3 is 5.97 Å². The Kier molecular flexibility index (Phi) is 4.27. The number of aromatic nitrogens is 1. The van der Waals surface area contributed by atoms with Crippen LogP contribution in [0.2, 0.25) is 0 Å². The monoisotopic (exact) mass is 288 g/mol. The summed E-state index contributed by atoms with van der Waals surface area (Å²) in [5.74, 6) is -0.844. The number of carboxylic acid groups (broad SMARTS) is 1. The predicted octanol–water partition coefficient (Wildman–Crippen LogP) is 2.14. The lowest BCUT2D eigenvalue weighted by Gasteiger charge is -2.12. The molecular weight excluding hydrogens is 272 g/mol. The predicted molar refractivity (Wildman–Crippen MR) is 77.8 cm³/mol. The molecule has 0 saturated carbocycles. The molecule has 0 aliphatic rings. The van der Waals surface area contributed by atoms with Crippen LogP contribution in [-0.4, -0.2) is 28.7 Å². The van der Waals surface area contributed by atoms with E-state index in [9.17, 15) is 9.59 Å². The standard InChI is InChI=1S/C15H16N2O4/c1-10-5-6-13(21-2)11(8-10)16-15(20)12-4-3-7-17(12)9-14(18)19/h3-8H,9H2,1-2H3,(H,16,20)(H,18,19). The Hall–Kier alpha value is -2.76. The topological polar surface area (TPSA) is 80.6 Å². The molecule has 110 valence electrons. The Morgan fingerprint density at radius 2 is 2.10 bits per heavy atom. The zero-order chi connectivity index (χ0) is 15.4. The van der Waals surface area contributed by atoms with Gasteiger partial charge in [0.05, 0.1) is 12.8 Å². The van der Waals surface area contributed by atoms with Crippen molar-refractivity contribution in [2.45, 2.75) is 13.5 Å². The van der Waals surface area contributed by atoms with E-state index >= 15 is 0 Å². The molecule has 0 saturated heterocycles. The van der Waals surface area contributed by atoms with E-state index in [0.717, 1.165) is 5.56 Å². The summed E-state index contributed by atoms with van der Waals surface area (Å²) >= 11 is 0. The third-order valence-corrected chi connectivity index (χ3v) is 2.97. The van der Waals surface area contributed by atoms with E-state index in [1.807, 2.05) is 13.0 Å². The molecule has 2 N–H and O–H groups in total. The summed E-state index contributed by atoms with van der Waals surface area (Å²) in [6, 6.07) is 8.63. The average molecular weight is 288 g/mol. The van der Waals surface area contributed by atoms with Crippen molar-refractivity contribution < 1.29 is 19.4 Å². The van der Waals surface area contributed by atoms with Gasteiger partial charge in [-0.25, -0.2) is 0 Å². The molecule has 0 radical (unpaired) electrons. The van der Waals surface area contributed by atoms with E-state index in [2.05, 4.69) is 5.32 Å². The summed E-state index contributed by atoms with van der Waals surface area (Å²) in [4.78, 5) is 23.0. The number of hydrogen-bond donors (Lipinski definition) is 2. The number of amides is 1. The first kappa shape index (κ1) is 14.6. The molecule has 21 heavy (non-hydrogen) atoms. The maximum Gasteiger partial charge on any atom is 0.323 e. The van der Waals surface area contributed by atoms with E-state index in [1.54, 1.807) is 30.5 Å². The molecule has 0 atom stereocenters. The minimum absolute atomic E-state index is 0.263. The number of methoxy groups -OCH3 is 1. The summed E-state index contributed by atoms with van der Waals surface area (Å²) in [5.41, 5.74) is 1.80. The second-order valence-corrected chi connectivity index (χ2v) is 4.57. The molecule has 1 heterocycles. The fourth-order valence-corrected chi connectivity index (χ4v) is 2.01. The van der Waals surface area contributed by atoms with Crippen molar-refractivity contribution in [1.82, 2.24) is 4.57 Å².